The highest BCUT2D eigenvalue weighted by atomic mass is 19.3. The van der Waals surface area contributed by atoms with Crippen LogP contribution in [0.1, 0.15) is 66.9 Å². The van der Waals surface area contributed by atoms with Gasteiger partial charge < -0.3 is 20.1 Å². The molecule has 0 radical (unpaired) electrons. The van der Waals surface area contributed by atoms with Crippen LogP contribution in [-0.4, -0.2) is 83.9 Å². The molecule has 0 bridgehead atoms. The predicted octanol–water partition coefficient (Wildman–Crippen LogP) is 5.33. The summed E-state index contributed by atoms with van der Waals surface area (Å²) in [5.74, 6) is -4.78. The van der Waals surface area contributed by atoms with Crippen LogP contribution >= 0.6 is 0 Å². The number of piperidine rings is 1. The highest BCUT2D eigenvalue weighted by Crippen LogP contribution is 2.40. The maximum atomic E-state index is 15.5. The van der Waals surface area contributed by atoms with Gasteiger partial charge in [-0.2, -0.15) is 0 Å². The number of aromatic carboxylic acids is 1. The molecule has 3 heterocycles. The number of hydrogen-bond acceptors (Lipinski definition) is 7. The summed E-state index contributed by atoms with van der Waals surface area (Å²) in [6.07, 6.45) is 7.05. The fraction of sp³-hybridized carbons (Fsp3) is 0.471. The summed E-state index contributed by atoms with van der Waals surface area (Å²) in [6.45, 7) is 1.19. The van der Waals surface area contributed by atoms with Crippen molar-refractivity contribution in [1.29, 1.82) is 0 Å². The molecular weight excluding hydrogens is 610 g/mol. The van der Waals surface area contributed by atoms with Crippen LogP contribution in [0.4, 0.5) is 25.0 Å². The number of carbonyl (C=O) groups excluding carboxylic acids is 2. The summed E-state index contributed by atoms with van der Waals surface area (Å²) < 4.78 is 38.4. The minimum atomic E-state index is -2.82. The number of carbonyl (C=O) groups is 3. The predicted molar refractivity (Wildman–Crippen MR) is 175 cm³/mol. The minimum absolute atomic E-state index is 0.0191. The van der Waals surface area contributed by atoms with Crippen molar-refractivity contribution >= 4 is 46.4 Å². The fourth-order valence-electron chi connectivity index (χ4n) is 7.20. The third-order valence-corrected chi connectivity index (χ3v) is 9.82. The highest BCUT2D eigenvalue weighted by molar-refractivity contribution is 6.09. The molecule has 3 aromatic rings. The number of alkyl halides is 2. The fourth-order valence-corrected chi connectivity index (χ4v) is 7.20. The van der Waals surface area contributed by atoms with Crippen molar-refractivity contribution in [2.75, 3.05) is 43.9 Å². The monoisotopic (exact) mass is 650 g/mol. The van der Waals surface area contributed by atoms with Crippen molar-refractivity contribution in [3.8, 4) is 5.75 Å². The molecule has 47 heavy (non-hydrogen) atoms. The molecule has 0 spiro atoms. The molecule has 4 N–H and O–H groups in total. The Morgan fingerprint density at radius 2 is 1.85 bits per heavy atom. The molecule has 6 rings (SSSR count). The van der Waals surface area contributed by atoms with Gasteiger partial charge in [0.1, 0.15) is 11.3 Å². The first kappa shape index (κ1) is 32.4. The number of carboxylic acids is 1. The number of anilines is 2. The number of benzene rings is 2. The minimum Gasteiger partial charge on any atom is -0.496 e. The van der Waals surface area contributed by atoms with E-state index in [1.54, 1.807) is 4.90 Å². The molecule has 2 aliphatic heterocycles. The second kappa shape index (κ2) is 13.3. The number of aromatic nitrogens is 1. The Morgan fingerprint density at radius 1 is 1.11 bits per heavy atom. The summed E-state index contributed by atoms with van der Waals surface area (Å²) in [4.78, 5) is 43.7. The molecule has 0 atom stereocenters. The number of carboxylic acid groups (broad SMARTS) is 1. The molecule has 1 aliphatic carbocycles. The Morgan fingerprint density at radius 3 is 2.53 bits per heavy atom. The first-order chi connectivity index (χ1) is 22.5. The van der Waals surface area contributed by atoms with Crippen molar-refractivity contribution in [2.45, 2.75) is 63.0 Å². The number of nitrogens with one attached hydrogen (secondary N) is 1. The normalized spacial score (nSPS) is 21.8. The van der Waals surface area contributed by atoms with E-state index in [-0.39, 0.29) is 42.3 Å². The van der Waals surface area contributed by atoms with Crippen LogP contribution in [0.2, 0.25) is 0 Å². The van der Waals surface area contributed by atoms with Crippen LogP contribution in [0.15, 0.2) is 47.6 Å². The first-order valence-electron chi connectivity index (χ1n) is 16.1. The summed E-state index contributed by atoms with van der Waals surface area (Å²) in [6, 6.07) is 10.2. The topological polar surface area (TPSA) is 142 Å². The highest BCUT2D eigenvalue weighted by Gasteiger charge is 2.43. The zero-order valence-electron chi connectivity index (χ0n) is 26.3. The average Bonchev–Trinajstić information content (AvgIpc) is 3.49. The molecule has 3 aliphatic rings. The number of halogens is 2. The van der Waals surface area contributed by atoms with Crippen LogP contribution < -0.4 is 20.7 Å². The number of methoxy groups -OCH3 is 1. The molecule has 1 aromatic heterocycles. The zero-order chi connectivity index (χ0) is 33.3. The van der Waals surface area contributed by atoms with E-state index < -0.39 is 23.8 Å². The lowest BCUT2D eigenvalue weighted by atomic mass is 9.82. The number of rotatable bonds is 9. The van der Waals surface area contributed by atoms with Crippen molar-refractivity contribution in [2.24, 2.45) is 10.9 Å². The molecular formula is C34H40F2N6O5. The Balaban J connectivity index is 1.02. The van der Waals surface area contributed by atoms with Crippen LogP contribution in [0.25, 0.3) is 10.9 Å². The van der Waals surface area contributed by atoms with Gasteiger partial charge in [-0.3, -0.25) is 24.9 Å². The maximum absolute atomic E-state index is 15.5. The molecule has 2 aromatic carbocycles. The Hall–Kier alpha value is -4.52. The van der Waals surface area contributed by atoms with Crippen molar-refractivity contribution in [1.82, 2.24) is 14.8 Å². The van der Waals surface area contributed by atoms with Gasteiger partial charge in [0.2, 0.25) is 5.91 Å². The van der Waals surface area contributed by atoms with E-state index in [9.17, 15) is 19.5 Å². The Labute approximate surface area is 271 Å². The number of urea groups is 1. The van der Waals surface area contributed by atoms with Gasteiger partial charge in [-0.25, -0.2) is 18.4 Å². The summed E-state index contributed by atoms with van der Waals surface area (Å²) in [7, 11) is 1.37. The molecule has 11 nitrogen and oxygen atoms in total. The third-order valence-electron chi connectivity index (χ3n) is 9.82. The maximum Gasteiger partial charge on any atom is 0.339 e. The van der Waals surface area contributed by atoms with Crippen molar-refractivity contribution in [3.63, 3.8) is 0 Å². The quantitative estimate of drug-likeness (QED) is 0.210. The Kier molecular flexibility index (Phi) is 9.18. The number of likely N-dealkylation sites (tertiary alicyclic amines) is 1. The van der Waals surface area contributed by atoms with Crippen molar-refractivity contribution < 1.29 is 33.0 Å². The van der Waals surface area contributed by atoms with Gasteiger partial charge in [0.25, 0.3) is 5.92 Å². The molecule has 2 saturated heterocycles. The number of amides is 3. The number of hydrogen-bond donors (Lipinski definition) is 3. The second-order valence-electron chi connectivity index (χ2n) is 12.7. The lowest BCUT2D eigenvalue weighted by Gasteiger charge is -2.38. The van der Waals surface area contributed by atoms with Gasteiger partial charge in [-0.1, -0.05) is 6.07 Å². The molecule has 13 heteroatoms. The SMILES string of the molecule is COc1cc(N)c(C=NC2CCC(C(F)(F)CN3CCC(n4ccc5c(N6CCC(=O)NC6=O)cccc54)CC3)CC2)cc1C(=O)O. The van der Waals surface area contributed by atoms with E-state index in [0.29, 0.717) is 56.6 Å². The van der Waals surface area contributed by atoms with E-state index in [1.165, 1.54) is 25.5 Å². The summed E-state index contributed by atoms with van der Waals surface area (Å²) in [5.41, 5.74) is 8.56. The number of aliphatic imine (C=N–C) groups is 1. The third kappa shape index (κ3) is 6.80. The number of nitrogens with two attached hydrogens (primary N) is 1. The van der Waals surface area contributed by atoms with E-state index in [1.807, 2.05) is 35.4 Å². The van der Waals surface area contributed by atoms with Gasteiger partial charge in [-0.15, -0.1) is 0 Å². The number of ether oxygens (including phenoxy) is 1. The first-order valence-corrected chi connectivity index (χ1v) is 16.1. The van der Waals surface area contributed by atoms with E-state index >= 15 is 8.78 Å². The largest absolute Gasteiger partial charge is 0.496 e. The van der Waals surface area contributed by atoms with Crippen LogP contribution in [0.5, 0.6) is 5.75 Å². The van der Waals surface area contributed by atoms with Crippen LogP contribution in [0.3, 0.4) is 0 Å². The van der Waals surface area contributed by atoms with Gasteiger partial charge >= 0.3 is 12.0 Å². The average molecular weight is 651 g/mol. The van der Waals surface area contributed by atoms with E-state index in [2.05, 4.69) is 14.9 Å². The van der Waals surface area contributed by atoms with Gasteiger partial charge in [0.05, 0.1) is 24.9 Å². The summed E-state index contributed by atoms with van der Waals surface area (Å²) in [5, 5.41) is 12.7. The van der Waals surface area contributed by atoms with Gasteiger partial charge in [0.15, 0.2) is 0 Å². The lowest BCUT2D eigenvalue weighted by Crippen LogP contribution is -2.49. The summed E-state index contributed by atoms with van der Waals surface area (Å²) >= 11 is 0. The zero-order valence-corrected chi connectivity index (χ0v) is 26.3. The molecule has 250 valence electrons. The van der Waals surface area contributed by atoms with E-state index in [0.717, 1.165) is 29.4 Å². The van der Waals surface area contributed by atoms with Gasteiger partial charge in [-0.05, 0) is 62.8 Å². The van der Waals surface area contributed by atoms with Crippen molar-refractivity contribution in [3.05, 3.63) is 53.7 Å². The number of fused-ring (bicyclic) bond motifs is 1. The number of imide groups is 1. The molecule has 1 saturated carbocycles. The Bertz CT molecular complexity index is 1690. The molecule has 3 fully saturated rings. The smallest absolute Gasteiger partial charge is 0.339 e. The molecule has 0 unspecified atom stereocenters. The van der Waals surface area contributed by atoms with Crippen LogP contribution in [0, 0.1) is 5.92 Å². The lowest BCUT2D eigenvalue weighted by molar-refractivity contribution is -0.120. The van der Waals surface area contributed by atoms with Crippen LogP contribution in [-0.2, 0) is 4.79 Å². The second-order valence-corrected chi connectivity index (χ2v) is 12.7. The number of nitrogens with zero attached hydrogens (tertiary/aromatic N) is 4. The van der Waals surface area contributed by atoms with E-state index in [4.69, 9.17) is 10.5 Å². The standard InChI is InChI=1S/C34H40F2N6O5/c1-47-30-18-27(37)21(17-26(30)32(44)45)19-38-23-7-5-22(6-8-23)34(35,36)20-40-13-9-24(10-14-40)41-15-11-25-28(41)3-2-4-29(25)42-16-12-31(43)39-33(42)46/h2-4,11,15,17-19,22-24H,5-10,12-14,16,20,37H2,1H3,(H,44,45)(H,39,43,46). The van der Waals surface area contributed by atoms with Gasteiger partial charge in [0, 0.05) is 79.2 Å². The molecule has 3 amide bonds. The number of nitrogen functional groups attached to an aromatic ring is 1.